The molecule has 3 aromatic heterocycles. The van der Waals surface area contributed by atoms with Gasteiger partial charge in [-0.05, 0) is 31.4 Å². The maximum Gasteiger partial charge on any atom is 0.433 e. The molecule has 0 radical (unpaired) electrons. The Morgan fingerprint density at radius 2 is 1.74 bits per heavy atom. The summed E-state index contributed by atoms with van der Waals surface area (Å²) < 4.78 is 65.7. The number of hydrogen-bond donors (Lipinski definition) is 0. The van der Waals surface area contributed by atoms with Crippen LogP contribution in [0.3, 0.4) is 0 Å². The second-order valence-electron chi connectivity index (χ2n) is 8.51. The number of fused-ring (bicyclic) bond motifs is 1. The quantitative estimate of drug-likeness (QED) is 0.531. The van der Waals surface area contributed by atoms with Crippen LogP contribution < -0.4 is 9.80 Å². The van der Waals surface area contributed by atoms with Gasteiger partial charge in [-0.3, -0.25) is 9.69 Å². The Morgan fingerprint density at radius 3 is 2.44 bits per heavy atom. The molecule has 5 heterocycles. The Hall–Kier alpha value is -3.38. The Morgan fingerprint density at radius 1 is 1.00 bits per heavy atom. The van der Waals surface area contributed by atoms with Crippen LogP contribution in [-0.4, -0.2) is 56.7 Å². The summed E-state index contributed by atoms with van der Waals surface area (Å²) in [5, 5.41) is 3.89. The summed E-state index contributed by atoms with van der Waals surface area (Å²) in [6.07, 6.45) is -2.89. The van der Waals surface area contributed by atoms with E-state index in [-0.39, 0.29) is 23.2 Å². The second kappa shape index (κ2) is 8.13. The minimum atomic E-state index is -4.53. The van der Waals surface area contributed by atoms with Gasteiger partial charge in [-0.25, -0.2) is 28.4 Å². The number of pyridine rings is 1. The molecule has 2 aliphatic heterocycles. The molecule has 34 heavy (non-hydrogen) atoms. The fourth-order valence-corrected chi connectivity index (χ4v) is 4.66. The first-order chi connectivity index (χ1) is 16.2. The third-order valence-electron chi connectivity index (χ3n) is 6.50. The number of halogens is 5. The van der Waals surface area contributed by atoms with Crippen molar-refractivity contribution in [3.05, 3.63) is 36.3 Å². The van der Waals surface area contributed by atoms with Gasteiger partial charge in [0.05, 0.1) is 17.8 Å². The Labute approximate surface area is 190 Å². The number of aromatic nitrogens is 5. The molecule has 3 aromatic rings. The maximum absolute atomic E-state index is 13.4. The van der Waals surface area contributed by atoms with E-state index in [0.717, 1.165) is 10.7 Å². The van der Waals surface area contributed by atoms with Gasteiger partial charge in [0.25, 0.3) is 6.43 Å². The molecule has 1 spiro atoms. The largest absolute Gasteiger partial charge is 0.433 e. The van der Waals surface area contributed by atoms with E-state index < -0.39 is 30.3 Å². The lowest BCUT2D eigenvalue weighted by molar-refractivity contribution is -0.141. The maximum atomic E-state index is 13.4. The van der Waals surface area contributed by atoms with Gasteiger partial charge in [0, 0.05) is 19.6 Å². The van der Waals surface area contributed by atoms with Crippen LogP contribution in [0.4, 0.5) is 33.6 Å². The van der Waals surface area contributed by atoms with Crippen molar-refractivity contribution in [2.75, 3.05) is 29.4 Å². The fraction of sp³-hybridized carbons (Fsp3) is 0.476. The molecule has 8 nitrogen and oxygen atoms in total. The van der Waals surface area contributed by atoms with Crippen LogP contribution in [0.25, 0.3) is 11.2 Å². The third-order valence-corrected chi connectivity index (χ3v) is 6.50. The van der Waals surface area contributed by atoms with Crippen LogP contribution in [0.2, 0.25) is 0 Å². The van der Waals surface area contributed by atoms with Gasteiger partial charge in [0.2, 0.25) is 5.91 Å². The molecule has 1 amide bonds. The van der Waals surface area contributed by atoms with Crippen LogP contribution in [0.15, 0.2) is 30.6 Å². The van der Waals surface area contributed by atoms with Crippen LogP contribution in [0.5, 0.6) is 0 Å². The predicted octanol–water partition coefficient (Wildman–Crippen LogP) is 3.53. The average molecular weight is 481 g/mol. The van der Waals surface area contributed by atoms with E-state index in [2.05, 4.69) is 20.1 Å². The normalized spacial score (nSPS) is 18.6. The van der Waals surface area contributed by atoms with Gasteiger partial charge < -0.3 is 4.90 Å². The molecule has 0 unspecified atom stereocenters. The standard InChI is InChI=1S/C21H20F5N7O/c22-15(23)12-33-18-13(10-28-33)27-11-17(30-18)32-9-6-20(19(32)34)4-7-31(8-5-20)16-3-1-2-14(29-16)21(24,25)26/h1-3,10-11,15H,4-9,12H2. The summed E-state index contributed by atoms with van der Waals surface area (Å²) in [5.41, 5.74) is -1.07. The third kappa shape index (κ3) is 3.92. The first-order valence-corrected chi connectivity index (χ1v) is 10.7. The summed E-state index contributed by atoms with van der Waals surface area (Å²) >= 11 is 0. The zero-order valence-electron chi connectivity index (χ0n) is 17.8. The Balaban J connectivity index is 1.32. The van der Waals surface area contributed by atoms with Crippen molar-refractivity contribution in [1.29, 1.82) is 0 Å². The highest BCUT2D eigenvalue weighted by Gasteiger charge is 2.49. The first-order valence-electron chi connectivity index (χ1n) is 10.7. The van der Waals surface area contributed by atoms with E-state index in [1.165, 1.54) is 29.4 Å². The molecule has 180 valence electrons. The predicted molar refractivity (Wildman–Crippen MR) is 111 cm³/mol. The number of hydrogen-bond acceptors (Lipinski definition) is 6. The van der Waals surface area contributed by atoms with E-state index in [4.69, 9.17) is 0 Å². The highest BCUT2D eigenvalue weighted by Crippen LogP contribution is 2.43. The molecule has 13 heteroatoms. The molecule has 2 aliphatic rings. The monoisotopic (exact) mass is 481 g/mol. The molecule has 0 N–H and O–H groups in total. The zero-order valence-corrected chi connectivity index (χ0v) is 17.8. The van der Waals surface area contributed by atoms with Crippen LogP contribution in [-0.2, 0) is 17.5 Å². The number of amides is 1. The SMILES string of the molecule is O=C1N(c2cnc3cnn(CC(F)F)c3n2)CCC12CCN(c1cccc(C(F)(F)F)n1)CC2. The van der Waals surface area contributed by atoms with Crippen LogP contribution in [0.1, 0.15) is 25.0 Å². The summed E-state index contributed by atoms with van der Waals surface area (Å²) in [7, 11) is 0. The molecular weight excluding hydrogens is 461 g/mol. The second-order valence-corrected chi connectivity index (χ2v) is 8.51. The van der Waals surface area contributed by atoms with Gasteiger partial charge in [-0.15, -0.1) is 0 Å². The topological polar surface area (TPSA) is 80.0 Å². The first kappa shape index (κ1) is 22.4. The molecule has 0 aromatic carbocycles. The van der Waals surface area contributed by atoms with Crippen molar-refractivity contribution in [1.82, 2.24) is 24.7 Å². The molecule has 2 saturated heterocycles. The number of carbonyl (C=O) groups is 1. The molecule has 5 rings (SSSR count). The van der Waals surface area contributed by atoms with E-state index >= 15 is 0 Å². The molecular formula is C21H20F5N7O. The average Bonchev–Trinajstić information content (AvgIpc) is 3.34. The molecule has 0 atom stereocenters. The van der Waals surface area contributed by atoms with Gasteiger partial charge >= 0.3 is 6.18 Å². The minimum Gasteiger partial charge on any atom is -0.357 e. The molecule has 0 bridgehead atoms. The van der Waals surface area contributed by atoms with E-state index in [1.54, 1.807) is 4.90 Å². The Kier molecular flexibility index (Phi) is 5.36. The molecule has 0 saturated carbocycles. The smallest absolute Gasteiger partial charge is 0.357 e. The van der Waals surface area contributed by atoms with Crippen molar-refractivity contribution >= 4 is 28.7 Å². The number of anilines is 2. The zero-order chi connectivity index (χ0) is 24.1. The lowest BCUT2D eigenvalue weighted by Gasteiger charge is -2.38. The van der Waals surface area contributed by atoms with E-state index in [1.807, 2.05) is 0 Å². The van der Waals surface area contributed by atoms with E-state index in [0.29, 0.717) is 44.4 Å². The molecule has 2 fully saturated rings. The summed E-state index contributed by atoms with van der Waals surface area (Å²) in [4.78, 5) is 29.0. The number of alkyl halides is 5. The van der Waals surface area contributed by atoms with Crippen molar-refractivity contribution < 1.29 is 26.7 Å². The van der Waals surface area contributed by atoms with E-state index in [9.17, 15) is 26.7 Å². The number of piperidine rings is 1. The van der Waals surface area contributed by atoms with Gasteiger partial charge in [0.1, 0.15) is 23.6 Å². The van der Waals surface area contributed by atoms with Crippen LogP contribution in [0, 0.1) is 5.41 Å². The minimum absolute atomic E-state index is 0.141. The van der Waals surface area contributed by atoms with Crippen molar-refractivity contribution in [2.24, 2.45) is 5.41 Å². The summed E-state index contributed by atoms with van der Waals surface area (Å²) in [6.45, 7) is 0.544. The molecule has 0 aliphatic carbocycles. The van der Waals surface area contributed by atoms with Gasteiger partial charge in [-0.2, -0.15) is 18.3 Å². The van der Waals surface area contributed by atoms with Crippen molar-refractivity contribution in [3.63, 3.8) is 0 Å². The Bertz CT molecular complexity index is 1220. The van der Waals surface area contributed by atoms with Gasteiger partial charge in [-0.1, -0.05) is 6.07 Å². The van der Waals surface area contributed by atoms with Crippen LogP contribution >= 0.6 is 0 Å². The number of rotatable bonds is 4. The summed E-state index contributed by atoms with van der Waals surface area (Å²) in [5.74, 6) is 0.362. The fourth-order valence-electron chi connectivity index (χ4n) is 4.66. The van der Waals surface area contributed by atoms with Crippen molar-refractivity contribution in [2.45, 2.75) is 38.4 Å². The lowest BCUT2D eigenvalue weighted by Crippen LogP contribution is -2.45. The highest BCUT2D eigenvalue weighted by molar-refractivity contribution is 5.99. The highest BCUT2D eigenvalue weighted by atomic mass is 19.4. The lowest BCUT2D eigenvalue weighted by atomic mass is 9.77. The number of carbonyl (C=O) groups excluding carboxylic acids is 1. The van der Waals surface area contributed by atoms with Gasteiger partial charge in [0.15, 0.2) is 11.5 Å². The van der Waals surface area contributed by atoms with Crippen molar-refractivity contribution in [3.8, 4) is 0 Å². The number of nitrogens with zero attached hydrogens (tertiary/aromatic N) is 7. The summed E-state index contributed by atoms with van der Waals surface area (Å²) in [6, 6.07) is 3.79.